The van der Waals surface area contributed by atoms with E-state index in [1.54, 1.807) is 30.3 Å². The van der Waals surface area contributed by atoms with Crippen LogP contribution in [-0.2, 0) is 19.1 Å². The van der Waals surface area contributed by atoms with Gasteiger partial charge >= 0.3 is 5.97 Å². The SMILES string of the molecule is Cc1ccc(NC(=O)COC(=O)c2cccc(N3C(=O)[C@H]4[C@H]5CC[C@@H](C5)[C@@H]4C3=O)c2)cc1Cl. The zero-order valence-corrected chi connectivity index (χ0v) is 18.8. The molecule has 2 aromatic rings. The molecule has 7 nitrogen and oxygen atoms in total. The van der Waals surface area contributed by atoms with Crippen LogP contribution in [0.25, 0.3) is 0 Å². The van der Waals surface area contributed by atoms with Crippen molar-refractivity contribution in [1.82, 2.24) is 0 Å². The third-order valence-corrected chi connectivity index (χ3v) is 7.46. The van der Waals surface area contributed by atoms with Gasteiger partial charge in [-0.1, -0.05) is 23.7 Å². The number of hydrogen-bond acceptors (Lipinski definition) is 5. The topological polar surface area (TPSA) is 92.8 Å². The molecule has 5 rings (SSSR count). The molecule has 3 amide bonds. The molecular formula is C25H23ClN2O5. The summed E-state index contributed by atoms with van der Waals surface area (Å²) in [4.78, 5) is 52.0. The first-order chi connectivity index (χ1) is 15.8. The molecular weight excluding hydrogens is 444 g/mol. The highest BCUT2D eigenvalue weighted by atomic mass is 35.5. The summed E-state index contributed by atoms with van der Waals surface area (Å²) in [6, 6.07) is 11.3. The van der Waals surface area contributed by atoms with Gasteiger partial charge in [0.1, 0.15) is 0 Å². The van der Waals surface area contributed by atoms with Crippen LogP contribution >= 0.6 is 11.6 Å². The maximum absolute atomic E-state index is 13.0. The summed E-state index contributed by atoms with van der Waals surface area (Å²) in [7, 11) is 0. The Kier molecular flexibility index (Phi) is 5.44. The molecule has 4 atom stereocenters. The standard InChI is InChI=1S/C25H23ClN2O5/c1-13-5-8-17(11-19(13)26)27-20(29)12-33-25(32)16-3-2-4-18(10-16)28-23(30)21-14-6-7-15(9-14)22(21)24(28)31/h2-5,8,10-11,14-15,21-22H,6-7,9,12H2,1H3,(H,27,29)/t14-,15-,21-,22-/m0/s1. The van der Waals surface area contributed by atoms with Crippen LogP contribution in [0, 0.1) is 30.6 Å². The molecule has 0 aromatic heterocycles. The summed E-state index contributed by atoms with van der Waals surface area (Å²) < 4.78 is 5.13. The minimum atomic E-state index is -0.715. The van der Waals surface area contributed by atoms with Gasteiger partial charge in [0.25, 0.3) is 5.91 Å². The number of aryl methyl sites for hydroxylation is 1. The van der Waals surface area contributed by atoms with Crippen molar-refractivity contribution in [2.45, 2.75) is 26.2 Å². The van der Waals surface area contributed by atoms with Crippen molar-refractivity contribution in [1.29, 1.82) is 0 Å². The van der Waals surface area contributed by atoms with Gasteiger partial charge in [0.15, 0.2) is 6.61 Å². The summed E-state index contributed by atoms with van der Waals surface area (Å²) in [5.41, 5.74) is 1.91. The normalized spacial score (nSPS) is 25.3. The number of rotatable bonds is 5. The summed E-state index contributed by atoms with van der Waals surface area (Å²) >= 11 is 6.06. The number of carbonyl (C=O) groups is 4. The highest BCUT2D eigenvalue weighted by Crippen LogP contribution is 2.56. The van der Waals surface area contributed by atoms with E-state index < -0.39 is 18.5 Å². The van der Waals surface area contributed by atoms with Gasteiger partial charge in [0, 0.05) is 10.7 Å². The van der Waals surface area contributed by atoms with Crippen LogP contribution in [0.3, 0.4) is 0 Å². The molecule has 33 heavy (non-hydrogen) atoms. The highest BCUT2D eigenvalue weighted by Gasteiger charge is 2.61. The second kappa shape index (κ2) is 8.30. The van der Waals surface area contributed by atoms with E-state index in [-0.39, 0.29) is 41.0 Å². The minimum Gasteiger partial charge on any atom is -0.452 e. The van der Waals surface area contributed by atoms with E-state index in [9.17, 15) is 19.2 Å². The van der Waals surface area contributed by atoms with Crippen molar-refractivity contribution in [2.75, 3.05) is 16.8 Å². The van der Waals surface area contributed by atoms with Crippen LogP contribution in [-0.4, -0.2) is 30.3 Å². The fourth-order valence-electron chi connectivity index (χ4n) is 5.52. The van der Waals surface area contributed by atoms with Gasteiger partial charge in [-0.2, -0.15) is 0 Å². The van der Waals surface area contributed by atoms with Crippen LogP contribution in [0.15, 0.2) is 42.5 Å². The van der Waals surface area contributed by atoms with Gasteiger partial charge in [-0.15, -0.1) is 0 Å². The fraction of sp³-hybridized carbons (Fsp3) is 0.360. The first kappa shape index (κ1) is 21.6. The Morgan fingerprint density at radius 2 is 1.76 bits per heavy atom. The summed E-state index contributed by atoms with van der Waals surface area (Å²) in [5.74, 6) is -1.44. The predicted octanol–water partition coefficient (Wildman–Crippen LogP) is 3.98. The molecule has 2 aliphatic carbocycles. The van der Waals surface area contributed by atoms with Gasteiger partial charge in [0.05, 0.1) is 23.1 Å². The van der Waals surface area contributed by atoms with E-state index in [0.717, 1.165) is 24.8 Å². The Balaban J connectivity index is 1.24. The maximum Gasteiger partial charge on any atom is 0.338 e. The molecule has 2 bridgehead atoms. The Morgan fingerprint density at radius 3 is 2.42 bits per heavy atom. The highest BCUT2D eigenvalue weighted by molar-refractivity contribution is 6.31. The van der Waals surface area contributed by atoms with Crippen LogP contribution in [0.2, 0.25) is 5.02 Å². The van der Waals surface area contributed by atoms with E-state index in [1.165, 1.54) is 17.0 Å². The Labute approximate surface area is 196 Å². The van der Waals surface area contributed by atoms with Crippen molar-refractivity contribution in [3.63, 3.8) is 0 Å². The van der Waals surface area contributed by atoms with E-state index in [0.29, 0.717) is 16.4 Å². The lowest BCUT2D eigenvalue weighted by Crippen LogP contribution is -2.32. The number of halogens is 1. The molecule has 1 N–H and O–H groups in total. The quantitative estimate of drug-likeness (QED) is 0.531. The maximum atomic E-state index is 13.0. The van der Waals surface area contributed by atoms with Crippen molar-refractivity contribution >= 4 is 46.7 Å². The van der Waals surface area contributed by atoms with Gasteiger partial charge in [0.2, 0.25) is 11.8 Å². The summed E-state index contributed by atoms with van der Waals surface area (Å²) in [5, 5.41) is 3.14. The number of nitrogens with zero attached hydrogens (tertiary/aromatic N) is 1. The second-order valence-corrected chi connectivity index (χ2v) is 9.44. The van der Waals surface area contributed by atoms with Crippen molar-refractivity contribution in [2.24, 2.45) is 23.7 Å². The zero-order valence-electron chi connectivity index (χ0n) is 18.0. The third kappa shape index (κ3) is 3.80. The molecule has 0 radical (unpaired) electrons. The van der Waals surface area contributed by atoms with E-state index in [4.69, 9.17) is 16.3 Å². The smallest absolute Gasteiger partial charge is 0.338 e. The van der Waals surface area contributed by atoms with Gasteiger partial charge in [-0.3, -0.25) is 19.3 Å². The number of amides is 3. The van der Waals surface area contributed by atoms with Crippen LogP contribution in [0.5, 0.6) is 0 Å². The zero-order chi connectivity index (χ0) is 23.3. The van der Waals surface area contributed by atoms with E-state index in [2.05, 4.69) is 5.32 Å². The lowest BCUT2D eigenvalue weighted by molar-refractivity contribution is -0.123. The first-order valence-corrected chi connectivity index (χ1v) is 11.4. The lowest BCUT2D eigenvalue weighted by Gasteiger charge is -2.19. The monoisotopic (exact) mass is 466 g/mol. The molecule has 8 heteroatoms. The fourth-order valence-corrected chi connectivity index (χ4v) is 5.70. The Morgan fingerprint density at radius 1 is 1.06 bits per heavy atom. The van der Waals surface area contributed by atoms with E-state index >= 15 is 0 Å². The average molecular weight is 467 g/mol. The van der Waals surface area contributed by atoms with Crippen LogP contribution in [0.1, 0.15) is 35.2 Å². The number of nitrogens with one attached hydrogen (secondary N) is 1. The third-order valence-electron chi connectivity index (χ3n) is 7.06. The molecule has 1 heterocycles. The molecule has 3 fully saturated rings. The number of esters is 1. The molecule has 3 aliphatic rings. The molecule has 1 saturated heterocycles. The summed E-state index contributed by atoms with van der Waals surface area (Å²) in [6.07, 6.45) is 2.97. The number of imide groups is 1. The lowest BCUT2D eigenvalue weighted by atomic mass is 9.81. The number of hydrogen-bond donors (Lipinski definition) is 1. The number of ether oxygens (including phenoxy) is 1. The predicted molar refractivity (Wildman–Crippen MR) is 122 cm³/mol. The molecule has 0 unspecified atom stereocenters. The van der Waals surface area contributed by atoms with Crippen molar-refractivity contribution in [3.8, 4) is 0 Å². The van der Waals surface area contributed by atoms with Crippen molar-refractivity contribution < 1.29 is 23.9 Å². The Hall–Kier alpha value is -3.19. The van der Waals surface area contributed by atoms with Gasteiger partial charge in [-0.05, 0) is 73.9 Å². The number of anilines is 2. The number of fused-ring (bicyclic) bond motifs is 5. The molecule has 2 saturated carbocycles. The number of carbonyl (C=O) groups excluding carboxylic acids is 4. The second-order valence-electron chi connectivity index (χ2n) is 9.04. The summed E-state index contributed by atoms with van der Waals surface area (Å²) in [6.45, 7) is 1.37. The molecule has 1 aliphatic heterocycles. The molecule has 2 aromatic carbocycles. The first-order valence-electron chi connectivity index (χ1n) is 11.0. The number of benzene rings is 2. The van der Waals surface area contributed by atoms with Gasteiger partial charge < -0.3 is 10.1 Å². The molecule has 0 spiro atoms. The van der Waals surface area contributed by atoms with E-state index in [1.807, 2.05) is 6.92 Å². The van der Waals surface area contributed by atoms with Crippen molar-refractivity contribution in [3.05, 3.63) is 58.6 Å². The molecule has 170 valence electrons. The van der Waals surface area contributed by atoms with Gasteiger partial charge in [-0.25, -0.2) is 4.79 Å². The van der Waals surface area contributed by atoms with Crippen LogP contribution in [0.4, 0.5) is 11.4 Å². The van der Waals surface area contributed by atoms with Crippen LogP contribution < -0.4 is 10.2 Å². The Bertz CT molecular complexity index is 1150. The minimum absolute atomic E-state index is 0.166. The largest absolute Gasteiger partial charge is 0.452 e. The average Bonchev–Trinajstić information content (AvgIpc) is 3.48.